The monoisotopic (exact) mass is 290 g/mol. The molecule has 0 aliphatic heterocycles. The Morgan fingerprint density at radius 2 is 1.90 bits per heavy atom. The minimum absolute atomic E-state index is 0.0430. The van der Waals surface area contributed by atoms with Crippen molar-refractivity contribution in [3.05, 3.63) is 24.3 Å². The number of aliphatic hydroxyl groups is 1. The van der Waals surface area contributed by atoms with Crippen molar-refractivity contribution in [2.75, 3.05) is 0 Å². The highest BCUT2D eigenvalue weighted by atomic mass is 19.4. The smallest absolute Gasteiger partial charge is 0.486 e. The summed E-state index contributed by atoms with van der Waals surface area (Å²) in [6.45, 7) is 3.77. The Kier molecular flexibility index (Phi) is 3.86. The molecule has 1 aliphatic rings. The van der Waals surface area contributed by atoms with Crippen molar-refractivity contribution in [1.82, 2.24) is 0 Å². The SMILES string of the molecule is CCC1(C)C(O)CC1Oc1ccccc1OC(F)(F)F. The molecular formula is C14H17F3O3. The predicted molar refractivity (Wildman–Crippen MR) is 66.6 cm³/mol. The molecule has 1 saturated carbocycles. The molecule has 3 atom stereocenters. The summed E-state index contributed by atoms with van der Waals surface area (Å²) < 4.78 is 46.5. The molecule has 1 aliphatic carbocycles. The fourth-order valence-corrected chi connectivity index (χ4v) is 2.35. The van der Waals surface area contributed by atoms with Gasteiger partial charge >= 0.3 is 6.36 Å². The van der Waals surface area contributed by atoms with E-state index >= 15 is 0 Å². The van der Waals surface area contributed by atoms with E-state index in [2.05, 4.69) is 4.74 Å². The van der Waals surface area contributed by atoms with Crippen molar-refractivity contribution >= 4 is 0 Å². The van der Waals surface area contributed by atoms with Gasteiger partial charge in [0.25, 0.3) is 0 Å². The Morgan fingerprint density at radius 3 is 2.40 bits per heavy atom. The summed E-state index contributed by atoms with van der Waals surface area (Å²) in [4.78, 5) is 0. The van der Waals surface area contributed by atoms with Gasteiger partial charge in [0.2, 0.25) is 0 Å². The van der Waals surface area contributed by atoms with Crippen LogP contribution in [-0.2, 0) is 0 Å². The third-order valence-electron chi connectivity index (χ3n) is 4.04. The molecule has 112 valence electrons. The maximum absolute atomic E-state index is 12.3. The van der Waals surface area contributed by atoms with Crippen LogP contribution in [0.4, 0.5) is 13.2 Å². The van der Waals surface area contributed by atoms with Crippen LogP contribution in [0.15, 0.2) is 24.3 Å². The summed E-state index contributed by atoms with van der Waals surface area (Å²) >= 11 is 0. The van der Waals surface area contributed by atoms with Crippen molar-refractivity contribution in [3.63, 3.8) is 0 Å². The molecule has 6 heteroatoms. The van der Waals surface area contributed by atoms with Gasteiger partial charge in [0.05, 0.1) is 6.10 Å². The van der Waals surface area contributed by atoms with Crippen molar-refractivity contribution in [2.24, 2.45) is 5.41 Å². The maximum Gasteiger partial charge on any atom is 0.573 e. The van der Waals surface area contributed by atoms with Gasteiger partial charge in [-0.15, -0.1) is 13.2 Å². The molecule has 1 aromatic carbocycles. The van der Waals surface area contributed by atoms with Crippen molar-refractivity contribution < 1.29 is 27.8 Å². The average Bonchev–Trinajstić information content (AvgIpc) is 2.37. The van der Waals surface area contributed by atoms with Gasteiger partial charge in [-0.3, -0.25) is 0 Å². The molecule has 2 rings (SSSR count). The number of rotatable bonds is 4. The molecule has 1 fully saturated rings. The summed E-state index contributed by atoms with van der Waals surface area (Å²) in [7, 11) is 0. The van der Waals surface area contributed by atoms with E-state index in [9.17, 15) is 18.3 Å². The number of alkyl halides is 3. The molecule has 0 aromatic heterocycles. The molecule has 3 unspecified atom stereocenters. The fraction of sp³-hybridized carbons (Fsp3) is 0.571. The lowest BCUT2D eigenvalue weighted by Gasteiger charge is -2.50. The Morgan fingerprint density at radius 1 is 1.30 bits per heavy atom. The zero-order valence-corrected chi connectivity index (χ0v) is 11.3. The maximum atomic E-state index is 12.3. The second-order valence-electron chi connectivity index (χ2n) is 5.21. The second kappa shape index (κ2) is 5.16. The molecule has 0 spiro atoms. The van der Waals surface area contributed by atoms with Gasteiger partial charge in [-0.1, -0.05) is 26.0 Å². The highest BCUT2D eigenvalue weighted by Gasteiger charge is 2.51. The second-order valence-corrected chi connectivity index (χ2v) is 5.21. The quantitative estimate of drug-likeness (QED) is 0.922. The summed E-state index contributed by atoms with van der Waals surface area (Å²) in [6, 6.07) is 5.67. The van der Waals surface area contributed by atoms with Gasteiger partial charge in [-0.05, 0) is 18.6 Å². The molecule has 3 nitrogen and oxygen atoms in total. The van der Waals surface area contributed by atoms with E-state index in [1.54, 1.807) is 6.07 Å². The Balaban J connectivity index is 2.14. The van der Waals surface area contributed by atoms with E-state index in [1.165, 1.54) is 18.2 Å². The highest BCUT2D eigenvalue weighted by molar-refractivity contribution is 5.40. The van der Waals surface area contributed by atoms with Crippen molar-refractivity contribution in [2.45, 2.75) is 45.3 Å². The number of hydrogen-bond acceptors (Lipinski definition) is 3. The van der Waals surface area contributed by atoms with Crippen LogP contribution in [0.1, 0.15) is 26.7 Å². The molecule has 20 heavy (non-hydrogen) atoms. The van der Waals surface area contributed by atoms with Gasteiger partial charge < -0.3 is 14.6 Å². The van der Waals surface area contributed by atoms with E-state index in [0.717, 1.165) is 0 Å². The van der Waals surface area contributed by atoms with Crippen LogP contribution in [0.5, 0.6) is 11.5 Å². The van der Waals surface area contributed by atoms with Gasteiger partial charge in [0.15, 0.2) is 11.5 Å². The largest absolute Gasteiger partial charge is 0.573 e. The van der Waals surface area contributed by atoms with Gasteiger partial charge in [-0.25, -0.2) is 0 Å². The Labute approximate surface area is 115 Å². The van der Waals surface area contributed by atoms with Crippen molar-refractivity contribution in [3.8, 4) is 11.5 Å². The topological polar surface area (TPSA) is 38.7 Å². The van der Waals surface area contributed by atoms with Crippen LogP contribution in [0.2, 0.25) is 0 Å². The van der Waals surface area contributed by atoms with E-state index in [4.69, 9.17) is 4.74 Å². The normalized spacial score (nSPS) is 29.7. The lowest BCUT2D eigenvalue weighted by atomic mass is 9.63. The van der Waals surface area contributed by atoms with Gasteiger partial charge in [-0.2, -0.15) is 0 Å². The number of ether oxygens (including phenoxy) is 2. The zero-order chi connectivity index (χ0) is 15.0. The molecule has 0 bridgehead atoms. The van der Waals surface area contributed by atoms with Crippen LogP contribution in [0, 0.1) is 5.41 Å². The minimum atomic E-state index is -4.76. The minimum Gasteiger partial charge on any atom is -0.486 e. The molecule has 0 saturated heterocycles. The molecule has 0 radical (unpaired) electrons. The first-order valence-corrected chi connectivity index (χ1v) is 6.46. The predicted octanol–water partition coefficient (Wildman–Crippen LogP) is 3.51. The lowest BCUT2D eigenvalue weighted by molar-refractivity contribution is -0.275. The third kappa shape index (κ3) is 2.85. The summed E-state index contributed by atoms with van der Waals surface area (Å²) in [6.07, 6.45) is -4.48. The van der Waals surface area contributed by atoms with E-state index in [0.29, 0.717) is 12.8 Å². The van der Waals surface area contributed by atoms with E-state index in [1.807, 2.05) is 13.8 Å². The molecular weight excluding hydrogens is 273 g/mol. The van der Waals surface area contributed by atoms with Crippen molar-refractivity contribution in [1.29, 1.82) is 0 Å². The lowest BCUT2D eigenvalue weighted by Crippen LogP contribution is -2.57. The van der Waals surface area contributed by atoms with Crippen LogP contribution >= 0.6 is 0 Å². The Hall–Kier alpha value is -1.43. The molecule has 0 amide bonds. The number of aliphatic hydroxyl groups excluding tert-OH is 1. The van der Waals surface area contributed by atoms with Gasteiger partial charge in [0.1, 0.15) is 6.10 Å². The summed E-state index contributed by atoms with van der Waals surface area (Å²) in [5.41, 5.74) is -0.439. The summed E-state index contributed by atoms with van der Waals surface area (Å²) in [5.74, 6) is -0.318. The van der Waals surface area contributed by atoms with Gasteiger partial charge in [0, 0.05) is 11.8 Å². The Bertz CT molecular complexity index is 475. The summed E-state index contributed by atoms with van der Waals surface area (Å²) in [5, 5.41) is 9.78. The van der Waals surface area contributed by atoms with Crippen LogP contribution < -0.4 is 9.47 Å². The molecule has 0 heterocycles. The molecule has 1 aromatic rings. The first-order valence-electron chi connectivity index (χ1n) is 6.46. The number of hydrogen-bond donors (Lipinski definition) is 1. The van der Waals surface area contributed by atoms with E-state index in [-0.39, 0.29) is 17.6 Å². The third-order valence-corrected chi connectivity index (χ3v) is 4.04. The first kappa shape index (κ1) is 15.0. The zero-order valence-electron chi connectivity index (χ0n) is 11.3. The fourth-order valence-electron chi connectivity index (χ4n) is 2.35. The van der Waals surface area contributed by atoms with Crippen LogP contribution in [0.25, 0.3) is 0 Å². The number of halogens is 3. The first-order chi connectivity index (χ1) is 9.26. The van der Waals surface area contributed by atoms with Crippen LogP contribution in [0.3, 0.4) is 0 Å². The van der Waals surface area contributed by atoms with E-state index < -0.39 is 17.9 Å². The van der Waals surface area contributed by atoms with Crippen LogP contribution in [-0.4, -0.2) is 23.7 Å². The standard InChI is InChI=1S/C14H17F3O3/c1-3-13(2)11(18)8-12(13)19-9-6-4-5-7-10(9)20-14(15,16)17/h4-7,11-12,18H,3,8H2,1-2H3. The molecule has 1 N–H and O–H groups in total. The average molecular weight is 290 g/mol. The number of para-hydroxylation sites is 2. The number of benzene rings is 1. The highest BCUT2D eigenvalue weighted by Crippen LogP contribution is 2.47.